The number of benzene rings is 1. The third kappa shape index (κ3) is 3.70. The lowest BCUT2D eigenvalue weighted by molar-refractivity contribution is 0.0697. The van der Waals surface area contributed by atoms with Gasteiger partial charge in [0, 0.05) is 19.6 Å². The Balaban J connectivity index is 1.53. The Labute approximate surface area is 139 Å². The first-order chi connectivity index (χ1) is 11.6. The fraction of sp³-hybridized carbons (Fsp3) is 0.375. The molecule has 0 saturated carbocycles. The summed E-state index contributed by atoms with van der Waals surface area (Å²) in [7, 11) is 0. The van der Waals surface area contributed by atoms with Crippen molar-refractivity contribution >= 4 is 12.0 Å². The molecule has 1 aliphatic heterocycles. The number of carboxylic acid groups (broad SMARTS) is 1. The number of carbonyl (C=O) groups excluding carboxylic acids is 1. The number of likely N-dealkylation sites (tertiary alicyclic amines) is 1. The third-order valence-corrected chi connectivity index (χ3v) is 4.14. The lowest BCUT2D eigenvalue weighted by Crippen LogP contribution is -2.45. The van der Waals surface area contributed by atoms with Gasteiger partial charge in [-0.15, -0.1) is 0 Å². The maximum atomic E-state index is 12.3. The maximum Gasteiger partial charge on any atom is 0.335 e. The average molecular weight is 329 g/mol. The average Bonchev–Trinajstić information content (AvgIpc) is 3.15. The minimum Gasteiger partial charge on any atom is -0.478 e. The van der Waals surface area contributed by atoms with Gasteiger partial charge in [-0.05, 0) is 30.5 Å². The predicted molar refractivity (Wildman–Crippen MR) is 85.5 cm³/mol. The highest BCUT2D eigenvalue weighted by Gasteiger charge is 2.24. The van der Waals surface area contributed by atoms with Crippen molar-refractivity contribution in [1.82, 2.24) is 25.0 Å². The zero-order chi connectivity index (χ0) is 16.9. The minimum absolute atomic E-state index is 0.123. The molecular formula is C16H19N5O3. The second-order valence-corrected chi connectivity index (χ2v) is 5.78. The lowest BCUT2D eigenvalue weighted by Gasteiger charge is -2.32. The molecular weight excluding hydrogens is 310 g/mol. The van der Waals surface area contributed by atoms with E-state index in [2.05, 4.69) is 15.4 Å². The van der Waals surface area contributed by atoms with Crippen molar-refractivity contribution in [3.63, 3.8) is 0 Å². The van der Waals surface area contributed by atoms with Crippen molar-refractivity contribution in [3.8, 4) is 0 Å². The number of hydrogen-bond donors (Lipinski definition) is 2. The lowest BCUT2D eigenvalue weighted by atomic mass is 10.1. The van der Waals surface area contributed by atoms with Crippen LogP contribution in [-0.4, -0.2) is 49.9 Å². The first-order valence-corrected chi connectivity index (χ1v) is 7.82. The fourth-order valence-electron chi connectivity index (χ4n) is 2.82. The highest BCUT2D eigenvalue weighted by molar-refractivity contribution is 5.87. The first kappa shape index (κ1) is 16.0. The second-order valence-electron chi connectivity index (χ2n) is 5.78. The van der Waals surface area contributed by atoms with Crippen LogP contribution in [0.2, 0.25) is 0 Å². The molecule has 2 aromatic rings. The van der Waals surface area contributed by atoms with Crippen molar-refractivity contribution in [2.45, 2.75) is 25.4 Å². The van der Waals surface area contributed by atoms with E-state index in [-0.39, 0.29) is 17.6 Å². The molecule has 0 radical (unpaired) electrons. The van der Waals surface area contributed by atoms with Crippen molar-refractivity contribution in [1.29, 1.82) is 0 Å². The summed E-state index contributed by atoms with van der Waals surface area (Å²) in [6.07, 6.45) is 5.07. The number of nitrogens with one attached hydrogen (secondary N) is 1. The monoisotopic (exact) mass is 329 g/mol. The molecule has 0 bridgehead atoms. The van der Waals surface area contributed by atoms with Crippen LogP contribution in [-0.2, 0) is 6.54 Å². The van der Waals surface area contributed by atoms with Crippen LogP contribution in [0.1, 0.15) is 34.8 Å². The molecule has 8 nitrogen and oxygen atoms in total. The van der Waals surface area contributed by atoms with Gasteiger partial charge in [0.1, 0.15) is 12.7 Å². The fourth-order valence-corrected chi connectivity index (χ4v) is 2.82. The topological polar surface area (TPSA) is 100 Å². The van der Waals surface area contributed by atoms with Crippen molar-refractivity contribution in [3.05, 3.63) is 48.0 Å². The van der Waals surface area contributed by atoms with E-state index in [1.54, 1.807) is 28.0 Å². The number of piperidine rings is 1. The summed E-state index contributed by atoms with van der Waals surface area (Å²) in [6, 6.07) is 6.51. The minimum atomic E-state index is -0.960. The van der Waals surface area contributed by atoms with Crippen molar-refractivity contribution in [2.24, 2.45) is 0 Å². The van der Waals surface area contributed by atoms with Crippen LogP contribution >= 0.6 is 0 Å². The third-order valence-electron chi connectivity index (χ3n) is 4.14. The molecule has 0 spiro atoms. The normalized spacial score (nSPS) is 17.5. The van der Waals surface area contributed by atoms with Crippen LogP contribution in [0, 0.1) is 0 Å². The number of amides is 2. The first-order valence-electron chi connectivity index (χ1n) is 7.82. The molecule has 1 aromatic heterocycles. The van der Waals surface area contributed by atoms with Gasteiger partial charge in [-0.3, -0.25) is 0 Å². The molecule has 2 N–H and O–H groups in total. The summed E-state index contributed by atoms with van der Waals surface area (Å²) in [5.41, 5.74) is 1.09. The van der Waals surface area contributed by atoms with E-state index >= 15 is 0 Å². The van der Waals surface area contributed by atoms with E-state index in [4.69, 9.17) is 5.11 Å². The Morgan fingerprint density at radius 3 is 2.75 bits per heavy atom. The second kappa shape index (κ2) is 7.12. The molecule has 1 aliphatic rings. The number of rotatable bonds is 4. The van der Waals surface area contributed by atoms with Gasteiger partial charge in [-0.2, -0.15) is 5.10 Å². The Hall–Kier alpha value is -2.90. The number of carbonyl (C=O) groups is 2. The van der Waals surface area contributed by atoms with Crippen LogP contribution in [0.4, 0.5) is 4.79 Å². The van der Waals surface area contributed by atoms with E-state index in [0.29, 0.717) is 13.1 Å². The summed E-state index contributed by atoms with van der Waals surface area (Å²) in [5, 5.41) is 15.9. The van der Waals surface area contributed by atoms with Gasteiger partial charge >= 0.3 is 12.0 Å². The number of aromatic nitrogens is 3. The van der Waals surface area contributed by atoms with Gasteiger partial charge in [-0.25, -0.2) is 19.3 Å². The predicted octanol–water partition coefficient (Wildman–Crippen LogP) is 1.52. The van der Waals surface area contributed by atoms with Crippen LogP contribution in [0.15, 0.2) is 36.9 Å². The molecule has 1 fully saturated rings. The Bertz CT molecular complexity index is 699. The molecule has 1 atom stereocenters. The van der Waals surface area contributed by atoms with Crippen LogP contribution in [0.3, 0.4) is 0 Å². The standard InChI is InChI=1S/C16H19N5O3/c22-15(23)13-5-3-12(4-6-13)8-18-16(24)20-7-1-2-14(9-20)21-11-17-10-19-21/h3-6,10-11,14H,1-2,7-9H2,(H,18,24)(H,22,23). The van der Waals surface area contributed by atoms with Gasteiger partial charge < -0.3 is 15.3 Å². The summed E-state index contributed by atoms with van der Waals surface area (Å²) >= 11 is 0. The number of hydrogen-bond acceptors (Lipinski definition) is 4. The number of aromatic carboxylic acids is 1. The van der Waals surface area contributed by atoms with Gasteiger partial charge in [0.2, 0.25) is 0 Å². The van der Waals surface area contributed by atoms with Gasteiger partial charge in [-0.1, -0.05) is 12.1 Å². The number of urea groups is 1. The maximum absolute atomic E-state index is 12.3. The summed E-state index contributed by atoms with van der Waals surface area (Å²) in [6.45, 7) is 1.69. The summed E-state index contributed by atoms with van der Waals surface area (Å²) in [5.74, 6) is -0.960. The zero-order valence-electron chi connectivity index (χ0n) is 13.1. The van der Waals surface area contributed by atoms with E-state index in [1.807, 2.05) is 0 Å². The Morgan fingerprint density at radius 1 is 1.29 bits per heavy atom. The molecule has 3 rings (SSSR count). The SMILES string of the molecule is O=C(O)c1ccc(CNC(=O)N2CCCC(n3cncn3)C2)cc1. The summed E-state index contributed by atoms with van der Waals surface area (Å²) < 4.78 is 1.80. The zero-order valence-corrected chi connectivity index (χ0v) is 13.1. The van der Waals surface area contributed by atoms with Crippen molar-refractivity contribution in [2.75, 3.05) is 13.1 Å². The summed E-state index contributed by atoms with van der Waals surface area (Å²) in [4.78, 5) is 28.9. The van der Waals surface area contributed by atoms with E-state index in [9.17, 15) is 9.59 Å². The molecule has 1 unspecified atom stereocenters. The Morgan fingerprint density at radius 2 is 2.08 bits per heavy atom. The van der Waals surface area contributed by atoms with Gasteiger partial charge in [0.15, 0.2) is 0 Å². The number of carboxylic acids is 1. The van der Waals surface area contributed by atoms with E-state index in [1.165, 1.54) is 18.5 Å². The number of nitrogens with zero attached hydrogens (tertiary/aromatic N) is 4. The van der Waals surface area contributed by atoms with Crippen LogP contribution in [0.25, 0.3) is 0 Å². The Kier molecular flexibility index (Phi) is 4.74. The molecule has 24 heavy (non-hydrogen) atoms. The molecule has 1 aromatic carbocycles. The van der Waals surface area contributed by atoms with Crippen molar-refractivity contribution < 1.29 is 14.7 Å². The molecule has 0 aliphatic carbocycles. The molecule has 126 valence electrons. The van der Waals surface area contributed by atoms with Crippen LogP contribution in [0.5, 0.6) is 0 Å². The van der Waals surface area contributed by atoms with Crippen LogP contribution < -0.4 is 5.32 Å². The molecule has 1 saturated heterocycles. The van der Waals surface area contributed by atoms with Gasteiger partial charge in [0.25, 0.3) is 0 Å². The molecule has 8 heteroatoms. The smallest absolute Gasteiger partial charge is 0.335 e. The van der Waals surface area contributed by atoms with E-state index < -0.39 is 5.97 Å². The molecule has 2 amide bonds. The van der Waals surface area contributed by atoms with Gasteiger partial charge in [0.05, 0.1) is 11.6 Å². The largest absolute Gasteiger partial charge is 0.478 e. The molecule has 2 heterocycles. The quantitative estimate of drug-likeness (QED) is 0.886. The highest BCUT2D eigenvalue weighted by Crippen LogP contribution is 2.20. The highest BCUT2D eigenvalue weighted by atomic mass is 16.4. The van der Waals surface area contributed by atoms with E-state index in [0.717, 1.165) is 24.9 Å².